The van der Waals surface area contributed by atoms with Crippen molar-refractivity contribution in [2.45, 2.75) is 26.2 Å². The Morgan fingerprint density at radius 3 is 2.59 bits per heavy atom. The van der Waals surface area contributed by atoms with Gasteiger partial charge < -0.3 is 9.73 Å². The topological polar surface area (TPSA) is 92.5 Å². The predicted molar refractivity (Wildman–Crippen MR) is 122 cm³/mol. The first kappa shape index (κ1) is 22.0. The number of aromatic nitrogens is 1. The maximum Gasteiger partial charge on any atom is 0.255 e. The van der Waals surface area contributed by atoms with E-state index >= 15 is 0 Å². The summed E-state index contributed by atoms with van der Waals surface area (Å²) in [5.41, 5.74) is 2.42. The lowest BCUT2D eigenvalue weighted by Gasteiger charge is -2.23. The normalized spacial score (nSPS) is 16.5. The predicted octanol–water partition coefficient (Wildman–Crippen LogP) is 4.35. The molecule has 1 aromatic carbocycles. The van der Waals surface area contributed by atoms with Gasteiger partial charge in [-0.2, -0.15) is 4.98 Å². The van der Waals surface area contributed by atoms with Crippen LogP contribution in [0.1, 0.15) is 42.1 Å². The lowest BCUT2D eigenvalue weighted by molar-refractivity contribution is 0.0964. The average molecular weight is 458 g/mol. The highest BCUT2D eigenvalue weighted by Gasteiger charge is 2.28. The fourth-order valence-electron chi connectivity index (χ4n) is 3.91. The van der Waals surface area contributed by atoms with E-state index in [1.54, 1.807) is 6.07 Å². The van der Waals surface area contributed by atoms with Crippen LogP contribution in [0.15, 0.2) is 40.8 Å². The molecule has 0 saturated carbocycles. The van der Waals surface area contributed by atoms with Gasteiger partial charge in [-0.15, -0.1) is 0 Å². The molecule has 0 unspecified atom stereocenters. The molecule has 0 saturated heterocycles. The molecule has 3 aromatic rings. The Balaban J connectivity index is 2.05. The highest BCUT2D eigenvalue weighted by atomic mass is 32.2. The molecule has 0 radical (unpaired) electrons. The van der Waals surface area contributed by atoms with Crippen molar-refractivity contribution in [1.29, 1.82) is 0 Å². The van der Waals surface area contributed by atoms with Gasteiger partial charge in [-0.05, 0) is 62.1 Å². The lowest BCUT2D eigenvalue weighted by Crippen LogP contribution is -2.32. The maximum atomic E-state index is 13.5. The van der Waals surface area contributed by atoms with Gasteiger partial charge in [-0.3, -0.25) is 9.10 Å². The molecule has 4 rings (SSSR count). The van der Waals surface area contributed by atoms with Crippen LogP contribution in [-0.4, -0.2) is 39.2 Å². The molecule has 9 heteroatoms. The van der Waals surface area contributed by atoms with Crippen molar-refractivity contribution >= 4 is 38.4 Å². The minimum Gasteiger partial charge on any atom is -0.437 e. The molecule has 2 aromatic heterocycles. The van der Waals surface area contributed by atoms with E-state index in [1.807, 2.05) is 6.92 Å². The van der Waals surface area contributed by atoms with Gasteiger partial charge in [0.2, 0.25) is 15.7 Å². The number of nitrogens with one attached hydrogen (secondary N) is 1. The fourth-order valence-corrected chi connectivity index (χ4v) is 4.82. The van der Waals surface area contributed by atoms with Gasteiger partial charge in [-0.1, -0.05) is 6.08 Å². The number of furan rings is 1. The summed E-state index contributed by atoms with van der Waals surface area (Å²) in [6.07, 6.45) is 5.57. The molecule has 32 heavy (non-hydrogen) atoms. The minimum absolute atomic E-state index is 0.141. The summed E-state index contributed by atoms with van der Waals surface area (Å²) in [6.45, 7) is 2.21. The molecule has 1 N–H and O–H groups in total. The monoisotopic (exact) mass is 457 g/mol. The Labute approximate surface area is 186 Å². The smallest absolute Gasteiger partial charge is 0.255 e. The second-order valence-electron chi connectivity index (χ2n) is 7.82. The van der Waals surface area contributed by atoms with Crippen LogP contribution in [0.3, 0.4) is 0 Å². The molecule has 7 nitrogen and oxygen atoms in total. The van der Waals surface area contributed by atoms with Crippen LogP contribution in [0.5, 0.6) is 0 Å². The molecular formula is C23H24FN3O4S. The summed E-state index contributed by atoms with van der Waals surface area (Å²) >= 11 is 0. The first-order valence-corrected chi connectivity index (χ1v) is 12.2. The number of amides is 1. The van der Waals surface area contributed by atoms with Crippen molar-refractivity contribution in [1.82, 2.24) is 10.3 Å². The Bertz CT molecular complexity index is 1330. The van der Waals surface area contributed by atoms with Gasteiger partial charge in [0.1, 0.15) is 11.6 Å². The van der Waals surface area contributed by atoms with Crippen LogP contribution in [0.4, 0.5) is 10.2 Å². The highest BCUT2D eigenvalue weighted by Crippen LogP contribution is 2.38. The number of fused-ring (bicyclic) bond motifs is 2. The van der Waals surface area contributed by atoms with Crippen LogP contribution in [0.25, 0.3) is 28.0 Å². The second kappa shape index (κ2) is 8.38. The molecule has 1 aliphatic rings. The van der Waals surface area contributed by atoms with Crippen molar-refractivity contribution in [2.24, 2.45) is 0 Å². The number of rotatable bonds is 3. The van der Waals surface area contributed by atoms with E-state index in [0.29, 0.717) is 29.5 Å². The first-order valence-electron chi connectivity index (χ1n) is 10.3. The van der Waals surface area contributed by atoms with Crippen LogP contribution < -0.4 is 9.62 Å². The largest absolute Gasteiger partial charge is 0.437 e. The number of hydrogen-bond acceptors (Lipinski definition) is 5. The van der Waals surface area contributed by atoms with Crippen molar-refractivity contribution in [2.75, 3.05) is 24.2 Å². The maximum absolute atomic E-state index is 13.5. The zero-order valence-electron chi connectivity index (χ0n) is 18.1. The molecule has 0 spiro atoms. The Morgan fingerprint density at radius 1 is 1.22 bits per heavy atom. The summed E-state index contributed by atoms with van der Waals surface area (Å²) in [7, 11) is -2.08. The highest BCUT2D eigenvalue weighted by molar-refractivity contribution is 7.92. The standard InChI is InChI=1S/C23H24FN3O4S/c1-14-7-5-4-6-12-27(32(3,29)30)21-17(14)13-18-19(22(28)25-2)20(31-23(18)26-21)15-8-10-16(24)11-9-15/h7-11,13H,4-6,12H2,1-3H3,(H,25,28)/b14-7-. The molecule has 3 heterocycles. The van der Waals surface area contributed by atoms with Gasteiger partial charge >= 0.3 is 0 Å². The Kier molecular flexibility index (Phi) is 5.77. The van der Waals surface area contributed by atoms with Crippen LogP contribution in [0, 0.1) is 5.82 Å². The molecule has 1 aliphatic heterocycles. The number of halogens is 1. The van der Waals surface area contributed by atoms with Gasteiger partial charge in [0.25, 0.3) is 5.91 Å². The Hall–Kier alpha value is -3.20. The molecule has 0 aliphatic carbocycles. The molecular weight excluding hydrogens is 433 g/mol. The molecule has 1 amide bonds. The van der Waals surface area contributed by atoms with Crippen molar-refractivity contribution in [3.63, 3.8) is 0 Å². The summed E-state index contributed by atoms with van der Waals surface area (Å²) in [5.74, 6) is -0.268. The number of benzene rings is 1. The average Bonchev–Trinajstić information content (AvgIpc) is 3.14. The first-order chi connectivity index (χ1) is 15.2. The minimum atomic E-state index is -3.59. The third-order valence-corrected chi connectivity index (χ3v) is 6.71. The van der Waals surface area contributed by atoms with E-state index in [1.165, 1.54) is 35.6 Å². The van der Waals surface area contributed by atoms with Crippen LogP contribution >= 0.6 is 0 Å². The fraction of sp³-hybridized carbons (Fsp3) is 0.304. The zero-order valence-corrected chi connectivity index (χ0v) is 18.9. The SMILES string of the molecule is CNC(=O)c1c(-c2ccc(F)cc2)oc2nc3c(cc12)/C(C)=C\CCCCN3S(C)(=O)=O. The summed E-state index contributed by atoms with van der Waals surface area (Å²) in [5, 5.41) is 3.08. The quantitative estimate of drug-likeness (QED) is 0.631. The summed E-state index contributed by atoms with van der Waals surface area (Å²) < 4.78 is 45.9. The molecule has 0 fully saturated rings. The number of nitrogens with zero attached hydrogens (tertiary/aromatic N) is 2. The molecule has 0 bridgehead atoms. The lowest BCUT2D eigenvalue weighted by atomic mass is 10.0. The number of carbonyl (C=O) groups excluding carboxylic acids is 1. The van der Waals surface area contributed by atoms with Gasteiger partial charge in [0.05, 0.1) is 17.2 Å². The van der Waals surface area contributed by atoms with Crippen LogP contribution in [0.2, 0.25) is 0 Å². The number of carbonyl (C=O) groups is 1. The van der Waals surface area contributed by atoms with Crippen molar-refractivity contribution in [3.8, 4) is 11.3 Å². The third-order valence-electron chi connectivity index (χ3n) is 5.55. The van der Waals surface area contributed by atoms with Gasteiger partial charge in [0, 0.05) is 24.7 Å². The van der Waals surface area contributed by atoms with Crippen molar-refractivity contribution in [3.05, 3.63) is 53.4 Å². The van der Waals surface area contributed by atoms with E-state index in [2.05, 4.69) is 16.4 Å². The van der Waals surface area contributed by atoms with E-state index < -0.39 is 15.8 Å². The van der Waals surface area contributed by atoms with E-state index in [9.17, 15) is 17.6 Å². The summed E-state index contributed by atoms with van der Waals surface area (Å²) in [6, 6.07) is 7.37. The van der Waals surface area contributed by atoms with E-state index in [4.69, 9.17) is 4.42 Å². The zero-order chi connectivity index (χ0) is 23.0. The van der Waals surface area contributed by atoms with E-state index in [-0.39, 0.29) is 28.8 Å². The molecule has 168 valence electrons. The molecule has 0 atom stereocenters. The number of allylic oxidation sites excluding steroid dienone is 2. The van der Waals surface area contributed by atoms with E-state index in [0.717, 1.165) is 24.7 Å². The van der Waals surface area contributed by atoms with Crippen LogP contribution in [-0.2, 0) is 10.0 Å². The van der Waals surface area contributed by atoms with Gasteiger partial charge in [-0.25, -0.2) is 12.8 Å². The number of sulfonamides is 1. The Morgan fingerprint density at radius 2 is 1.94 bits per heavy atom. The number of pyridine rings is 1. The third kappa shape index (κ3) is 4.00. The number of anilines is 1. The summed E-state index contributed by atoms with van der Waals surface area (Å²) in [4.78, 5) is 17.4. The number of hydrogen-bond donors (Lipinski definition) is 1. The van der Waals surface area contributed by atoms with Gasteiger partial charge in [0.15, 0.2) is 5.82 Å². The van der Waals surface area contributed by atoms with Crippen molar-refractivity contribution < 1.29 is 22.0 Å². The second-order valence-corrected chi connectivity index (χ2v) is 9.73.